The van der Waals surface area contributed by atoms with Gasteiger partial charge in [0.05, 0.1) is 9.85 Å². The highest BCUT2D eigenvalue weighted by Crippen LogP contribution is 2.23. The van der Waals surface area contributed by atoms with Gasteiger partial charge in [0.1, 0.15) is 18.7 Å². The fraction of sp³-hybridized carbons (Fsp3) is 0.200. The lowest BCUT2D eigenvalue weighted by molar-refractivity contribution is -0.143. The van der Waals surface area contributed by atoms with Crippen LogP contribution < -0.4 is 5.73 Å². The molecule has 4 rings (SSSR count). The number of thiophene rings is 1. The van der Waals surface area contributed by atoms with Crippen molar-refractivity contribution in [2.24, 2.45) is 0 Å². The summed E-state index contributed by atoms with van der Waals surface area (Å²) in [6.45, 7) is 1.50. The second-order valence-electron chi connectivity index (χ2n) is 6.66. The highest BCUT2D eigenvalue weighted by Gasteiger charge is 2.26. The van der Waals surface area contributed by atoms with Gasteiger partial charge in [-0.1, -0.05) is 17.7 Å². The summed E-state index contributed by atoms with van der Waals surface area (Å²) in [6, 6.07) is 9.33. The molecule has 9 heteroatoms. The van der Waals surface area contributed by atoms with E-state index in [9.17, 15) is 9.59 Å². The van der Waals surface area contributed by atoms with Crippen molar-refractivity contribution in [3.05, 3.63) is 57.5 Å². The van der Waals surface area contributed by atoms with Gasteiger partial charge in [0, 0.05) is 36.0 Å². The summed E-state index contributed by atoms with van der Waals surface area (Å²) in [5.74, 6) is 0.169. The van der Waals surface area contributed by atoms with Crippen LogP contribution in [-0.2, 0) is 16.1 Å². The second kappa shape index (κ2) is 8.18. The topological polar surface area (TPSA) is 92.4 Å². The van der Waals surface area contributed by atoms with Crippen LogP contribution in [0.5, 0.6) is 0 Å². The van der Waals surface area contributed by atoms with Crippen molar-refractivity contribution in [1.82, 2.24) is 19.8 Å². The van der Waals surface area contributed by atoms with Crippen LogP contribution in [0.2, 0.25) is 4.34 Å². The zero-order valence-electron chi connectivity index (χ0n) is 15.4. The van der Waals surface area contributed by atoms with Crippen molar-refractivity contribution in [3.63, 3.8) is 0 Å². The van der Waals surface area contributed by atoms with Crippen LogP contribution in [0, 0.1) is 0 Å². The molecule has 1 aliphatic rings. The van der Waals surface area contributed by atoms with Crippen molar-refractivity contribution < 1.29 is 9.59 Å². The quantitative estimate of drug-likeness (QED) is 0.646. The number of carbonyl (C=O) groups excluding carboxylic acids is 2. The van der Waals surface area contributed by atoms with E-state index in [2.05, 4.69) is 9.97 Å². The number of carbonyl (C=O) groups is 2. The zero-order valence-corrected chi connectivity index (χ0v) is 17.0. The fourth-order valence-electron chi connectivity index (χ4n) is 3.18. The molecule has 0 bridgehead atoms. The molecule has 2 N–H and O–H groups in total. The van der Waals surface area contributed by atoms with Crippen LogP contribution in [0.15, 0.2) is 42.7 Å². The Morgan fingerprint density at radius 3 is 2.86 bits per heavy atom. The van der Waals surface area contributed by atoms with Crippen LogP contribution in [0.4, 0.5) is 5.82 Å². The van der Waals surface area contributed by atoms with E-state index < -0.39 is 0 Å². The molecule has 0 spiro atoms. The molecular weight excluding hydrogens is 410 g/mol. The molecule has 1 fully saturated rings. The average molecular weight is 428 g/mol. The molecule has 7 nitrogen and oxygen atoms in total. The number of amides is 2. The summed E-state index contributed by atoms with van der Waals surface area (Å²) < 4.78 is 0.670. The van der Waals surface area contributed by atoms with Gasteiger partial charge < -0.3 is 15.5 Å². The van der Waals surface area contributed by atoms with Crippen LogP contribution in [0.3, 0.4) is 0 Å². The van der Waals surface area contributed by atoms with E-state index in [1.165, 1.54) is 23.7 Å². The summed E-state index contributed by atoms with van der Waals surface area (Å²) in [5.41, 5.74) is 7.56. The number of nitrogens with zero attached hydrogens (tertiary/aromatic N) is 4. The molecule has 1 saturated heterocycles. The lowest BCUT2D eigenvalue weighted by atomic mass is 10.1. The lowest BCUT2D eigenvalue weighted by Gasteiger charge is -2.34. The molecule has 148 valence electrons. The maximum absolute atomic E-state index is 12.6. The van der Waals surface area contributed by atoms with Gasteiger partial charge in [0.25, 0.3) is 0 Å². The first kappa shape index (κ1) is 19.4. The maximum Gasteiger partial charge on any atom is 0.247 e. The average Bonchev–Trinajstić information content (AvgIpc) is 3.13. The first-order chi connectivity index (χ1) is 14.0. The Kier molecular flexibility index (Phi) is 5.46. The number of fused-ring (bicyclic) bond motifs is 1. The standard InChI is InChI=1S/C20H18ClN5O2S/c21-17-5-2-14(29-17)3-6-18(27)26-8-7-25(19(28)11-26)10-13-1-4-15-16(9-13)23-12-24-20(15)22/h1-6,9,12H,7-8,10-11H2,(H2,22,23,24)/b6-3+. The van der Waals surface area contributed by atoms with E-state index in [1.807, 2.05) is 24.3 Å². The van der Waals surface area contributed by atoms with Crippen LogP contribution >= 0.6 is 22.9 Å². The fourth-order valence-corrected chi connectivity index (χ4v) is 4.15. The number of hydrogen-bond acceptors (Lipinski definition) is 6. The number of nitrogen functional groups attached to an aromatic ring is 1. The molecule has 1 aromatic carbocycles. The third kappa shape index (κ3) is 4.38. The van der Waals surface area contributed by atoms with Gasteiger partial charge in [0.15, 0.2) is 0 Å². The van der Waals surface area contributed by atoms with E-state index in [-0.39, 0.29) is 18.4 Å². The molecule has 3 aromatic rings. The van der Waals surface area contributed by atoms with Crippen molar-refractivity contribution >= 4 is 57.5 Å². The second-order valence-corrected chi connectivity index (χ2v) is 8.41. The van der Waals surface area contributed by atoms with Crippen molar-refractivity contribution in [2.45, 2.75) is 6.54 Å². The van der Waals surface area contributed by atoms with Gasteiger partial charge >= 0.3 is 0 Å². The van der Waals surface area contributed by atoms with Gasteiger partial charge in [-0.15, -0.1) is 11.3 Å². The van der Waals surface area contributed by atoms with Crippen molar-refractivity contribution in [3.8, 4) is 0 Å². The third-order valence-corrected chi connectivity index (χ3v) is 5.92. The maximum atomic E-state index is 12.6. The number of nitrogens with two attached hydrogens (primary N) is 1. The summed E-state index contributed by atoms with van der Waals surface area (Å²) >= 11 is 7.29. The van der Waals surface area contributed by atoms with Crippen LogP contribution in [-0.4, -0.2) is 51.2 Å². The first-order valence-corrected chi connectivity index (χ1v) is 10.2. The molecule has 2 amide bonds. The normalized spacial score (nSPS) is 14.9. The van der Waals surface area contributed by atoms with E-state index in [1.54, 1.807) is 21.9 Å². The molecule has 0 aliphatic carbocycles. The molecule has 2 aromatic heterocycles. The van der Waals surface area contributed by atoms with E-state index in [0.717, 1.165) is 21.3 Å². The largest absolute Gasteiger partial charge is 0.383 e. The number of halogens is 1. The van der Waals surface area contributed by atoms with Gasteiger partial charge in [0.2, 0.25) is 11.8 Å². The van der Waals surface area contributed by atoms with Gasteiger partial charge in [-0.2, -0.15) is 0 Å². The molecule has 3 heterocycles. The Hall–Kier alpha value is -2.97. The summed E-state index contributed by atoms with van der Waals surface area (Å²) in [6.07, 6.45) is 4.63. The van der Waals surface area contributed by atoms with Crippen LogP contribution in [0.1, 0.15) is 10.4 Å². The minimum Gasteiger partial charge on any atom is -0.383 e. The zero-order chi connectivity index (χ0) is 20.4. The van der Waals surface area contributed by atoms with Gasteiger partial charge in [-0.3, -0.25) is 9.59 Å². The Morgan fingerprint density at radius 2 is 2.10 bits per heavy atom. The lowest BCUT2D eigenvalue weighted by Crippen LogP contribution is -2.51. The predicted octanol–water partition coefficient (Wildman–Crippen LogP) is 2.81. The van der Waals surface area contributed by atoms with Gasteiger partial charge in [-0.05, 0) is 35.9 Å². The Morgan fingerprint density at radius 1 is 1.24 bits per heavy atom. The SMILES string of the molecule is Nc1ncnc2cc(CN3CCN(C(=O)/C=C/c4ccc(Cl)s4)CC3=O)ccc12. The number of aromatic nitrogens is 2. The van der Waals surface area contributed by atoms with Gasteiger partial charge in [-0.25, -0.2) is 9.97 Å². The molecule has 0 atom stereocenters. The van der Waals surface area contributed by atoms with Crippen LogP contribution in [0.25, 0.3) is 17.0 Å². The molecule has 29 heavy (non-hydrogen) atoms. The highest BCUT2D eigenvalue weighted by molar-refractivity contribution is 7.17. The first-order valence-electron chi connectivity index (χ1n) is 8.99. The molecular formula is C20H18ClN5O2S. The third-order valence-electron chi connectivity index (χ3n) is 4.72. The Bertz CT molecular complexity index is 1110. The molecule has 0 unspecified atom stereocenters. The highest BCUT2D eigenvalue weighted by atomic mass is 35.5. The smallest absolute Gasteiger partial charge is 0.247 e. The predicted molar refractivity (Wildman–Crippen MR) is 114 cm³/mol. The minimum absolute atomic E-state index is 0.0665. The van der Waals surface area contributed by atoms with Crippen molar-refractivity contribution in [1.29, 1.82) is 0 Å². The monoisotopic (exact) mass is 427 g/mol. The number of hydrogen-bond donors (Lipinski definition) is 1. The molecule has 0 radical (unpaired) electrons. The number of rotatable bonds is 4. The Balaban J connectivity index is 1.38. The number of piperazine rings is 1. The van der Waals surface area contributed by atoms with E-state index in [0.29, 0.717) is 29.8 Å². The minimum atomic E-state index is -0.180. The van der Waals surface area contributed by atoms with E-state index in [4.69, 9.17) is 17.3 Å². The molecule has 1 aliphatic heterocycles. The molecule has 0 saturated carbocycles. The summed E-state index contributed by atoms with van der Waals surface area (Å²) in [7, 11) is 0. The summed E-state index contributed by atoms with van der Waals surface area (Å²) in [5, 5.41) is 0.789. The number of anilines is 1. The number of benzene rings is 1. The van der Waals surface area contributed by atoms with Crippen molar-refractivity contribution in [2.75, 3.05) is 25.4 Å². The summed E-state index contributed by atoms with van der Waals surface area (Å²) in [4.78, 5) is 37.3. The Labute approximate surface area is 176 Å². The van der Waals surface area contributed by atoms with E-state index >= 15 is 0 Å².